The lowest BCUT2D eigenvalue weighted by Crippen LogP contribution is -2.47. The van der Waals surface area contributed by atoms with Crippen LogP contribution in [0.1, 0.15) is 6.42 Å². The highest BCUT2D eigenvalue weighted by molar-refractivity contribution is 7.89. The van der Waals surface area contributed by atoms with Gasteiger partial charge >= 0.3 is 0 Å². The summed E-state index contributed by atoms with van der Waals surface area (Å²) in [5, 5.41) is 3.24. The quantitative estimate of drug-likeness (QED) is 0.676. The van der Waals surface area contributed by atoms with Crippen LogP contribution < -0.4 is 5.32 Å². The van der Waals surface area contributed by atoms with Crippen LogP contribution in [-0.2, 0) is 14.8 Å². The van der Waals surface area contributed by atoms with Crippen LogP contribution in [0.5, 0.6) is 0 Å². The molecule has 0 aromatic rings. The maximum absolute atomic E-state index is 12.3. The van der Waals surface area contributed by atoms with E-state index in [-0.39, 0.29) is 18.2 Å². The van der Waals surface area contributed by atoms with E-state index in [1.54, 1.807) is 11.9 Å². The summed E-state index contributed by atoms with van der Waals surface area (Å²) in [5.41, 5.74) is 0. The van der Waals surface area contributed by atoms with Gasteiger partial charge in [0.05, 0.1) is 12.3 Å². The lowest BCUT2D eigenvalue weighted by atomic mass is 10.4. The van der Waals surface area contributed by atoms with Crippen LogP contribution >= 0.6 is 0 Å². The number of carbonyl (C=O) groups excluding carboxylic acids is 1. The molecule has 0 radical (unpaired) electrons. The first-order valence-corrected chi connectivity index (χ1v) is 8.75. The topological polar surface area (TPSA) is 73.0 Å². The second-order valence-corrected chi connectivity index (χ2v) is 7.50. The number of likely N-dealkylation sites (N-methyl/N-ethyl adjacent to an activating group) is 1. The number of nitrogens with one attached hydrogen (secondary N) is 1. The van der Waals surface area contributed by atoms with Gasteiger partial charge in [-0.2, -0.15) is 4.31 Å². The van der Waals surface area contributed by atoms with Crippen LogP contribution in [0.3, 0.4) is 0 Å². The first-order valence-electron chi connectivity index (χ1n) is 7.14. The molecule has 2 saturated heterocycles. The minimum atomic E-state index is -3.34. The second-order valence-electron chi connectivity index (χ2n) is 5.41. The van der Waals surface area contributed by atoms with Gasteiger partial charge in [-0.1, -0.05) is 0 Å². The molecule has 7 nitrogen and oxygen atoms in total. The van der Waals surface area contributed by atoms with E-state index in [0.717, 1.165) is 26.2 Å². The molecule has 2 heterocycles. The maximum atomic E-state index is 12.3. The normalized spacial score (nSPS) is 23.9. The first-order chi connectivity index (χ1) is 9.49. The van der Waals surface area contributed by atoms with Crippen LogP contribution in [0.4, 0.5) is 0 Å². The summed E-state index contributed by atoms with van der Waals surface area (Å²) < 4.78 is 26.0. The highest BCUT2D eigenvalue weighted by atomic mass is 32.2. The molecule has 0 bridgehead atoms. The van der Waals surface area contributed by atoms with Crippen molar-refractivity contribution in [2.24, 2.45) is 0 Å². The molecule has 0 aliphatic carbocycles. The molecule has 0 aromatic heterocycles. The van der Waals surface area contributed by atoms with Crippen LogP contribution in [0.2, 0.25) is 0 Å². The SMILES string of the molecule is CN1CCCN(S(=O)(=O)CCN2CCNCC2)CC1=O. The summed E-state index contributed by atoms with van der Waals surface area (Å²) in [6.07, 6.45) is 0.703. The summed E-state index contributed by atoms with van der Waals surface area (Å²) in [7, 11) is -1.62. The molecule has 0 atom stereocenters. The largest absolute Gasteiger partial charge is 0.345 e. The third-order valence-electron chi connectivity index (χ3n) is 3.91. The molecule has 116 valence electrons. The smallest absolute Gasteiger partial charge is 0.237 e. The Balaban J connectivity index is 1.89. The van der Waals surface area contributed by atoms with Gasteiger partial charge in [-0.15, -0.1) is 0 Å². The Bertz CT molecular complexity index is 434. The van der Waals surface area contributed by atoms with Crippen molar-refractivity contribution < 1.29 is 13.2 Å². The molecule has 8 heteroatoms. The fraction of sp³-hybridized carbons (Fsp3) is 0.917. The molecule has 0 spiro atoms. The number of hydrogen-bond donors (Lipinski definition) is 1. The van der Waals surface area contributed by atoms with Crippen molar-refractivity contribution in [1.82, 2.24) is 19.4 Å². The Morgan fingerprint density at radius 1 is 1.15 bits per heavy atom. The van der Waals surface area contributed by atoms with Crippen molar-refractivity contribution in [3.8, 4) is 0 Å². The van der Waals surface area contributed by atoms with E-state index in [1.165, 1.54) is 4.31 Å². The van der Waals surface area contributed by atoms with E-state index >= 15 is 0 Å². The average Bonchev–Trinajstić information content (AvgIpc) is 2.61. The summed E-state index contributed by atoms with van der Waals surface area (Å²) in [4.78, 5) is 15.5. The number of carbonyl (C=O) groups is 1. The molecule has 1 amide bonds. The van der Waals surface area contributed by atoms with Crippen molar-refractivity contribution in [2.75, 3.05) is 65.2 Å². The van der Waals surface area contributed by atoms with Gasteiger partial charge in [0, 0.05) is 52.9 Å². The molecule has 2 aliphatic rings. The van der Waals surface area contributed by atoms with Crippen LogP contribution in [0.25, 0.3) is 0 Å². The van der Waals surface area contributed by atoms with Gasteiger partial charge in [0.1, 0.15) is 0 Å². The molecular formula is C12H24N4O3S. The van der Waals surface area contributed by atoms with E-state index in [0.29, 0.717) is 26.1 Å². The molecular weight excluding hydrogens is 280 g/mol. The Labute approximate surface area is 120 Å². The Kier molecular flexibility index (Phi) is 5.36. The number of amides is 1. The molecule has 2 aliphatic heterocycles. The average molecular weight is 304 g/mol. The van der Waals surface area contributed by atoms with Crippen molar-refractivity contribution >= 4 is 15.9 Å². The zero-order valence-corrected chi connectivity index (χ0v) is 12.9. The third kappa shape index (κ3) is 4.15. The summed E-state index contributed by atoms with van der Waals surface area (Å²) in [6.45, 7) is 5.20. The highest BCUT2D eigenvalue weighted by Gasteiger charge is 2.28. The first kappa shape index (κ1) is 15.7. The highest BCUT2D eigenvalue weighted by Crippen LogP contribution is 2.09. The van der Waals surface area contributed by atoms with E-state index in [9.17, 15) is 13.2 Å². The van der Waals surface area contributed by atoms with E-state index < -0.39 is 10.0 Å². The van der Waals surface area contributed by atoms with E-state index in [1.807, 2.05) is 0 Å². The number of sulfonamides is 1. The van der Waals surface area contributed by atoms with Crippen molar-refractivity contribution in [3.05, 3.63) is 0 Å². The zero-order chi connectivity index (χ0) is 14.6. The van der Waals surface area contributed by atoms with Gasteiger partial charge in [-0.05, 0) is 6.42 Å². The number of rotatable bonds is 4. The molecule has 0 unspecified atom stereocenters. The van der Waals surface area contributed by atoms with E-state index in [2.05, 4.69) is 10.2 Å². The molecule has 0 saturated carbocycles. The molecule has 20 heavy (non-hydrogen) atoms. The Morgan fingerprint density at radius 2 is 1.85 bits per heavy atom. The monoisotopic (exact) mass is 304 g/mol. The molecule has 0 aromatic carbocycles. The third-order valence-corrected chi connectivity index (χ3v) is 5.70. The van der Waals surface area contributed by atoms with Crippen molar-refractivity contribution in [3.63, 3.8) is 0 Å². The number of piperazine rings is 1. The van der Waals surface area contributed by atoms with Gasteiger partial charge in [-0.25, -0.2) is 8.42 Å². The van der Waals surface area contributed by atoms with Crippen molar-refractivity contribution in [2.45, 2.75) is 6.42 Å². The minimum Gasteiger partial charge on any atom is -0.345 e. The number of nitrogens with zero attached hydrogens (tertiary/aromatic N) is 3. The van der Waals surface area contributed by atoms with Crippen molar-refractivity contribution in [1.29, 1.82) is 0 Å². The number of hydrogen-bond acceptors (Lipinski definition) is 5. The maximum Gasteiger partial charge on any atom is 0.237 e. The summed E-state index contributed by atoms with van der Waals surface area (Å²) in [5.74, 6) is -0.0162. The molecule has 2 rings (SSSR count). The van der Waals surface area contributed by atoms with Gasteiger partial charge in [0.2, 0.25) is 15.9 Å². The van der Waals surface area contributed by atoms with Gasteiger partial charge in [0.25, 0.3) is 0 Å². The predicted molar refractivity (Wildman–Crippen MR) is 76.9 cm³/mol. The van der Waals surface area contributed by atoms with Gasteiger partial charge < -0.3 is 10.2 Å². The molecule has 1 N–H and O–H groups in total. The lowest BCUT2D eigenvalue weighted by Gasteiger charge is -2.28. The Morgan fingerprint density at radius 3 is 2.55 bits per heavy atom. The van der Waals surface area contributed by atoms with Gasteiger partial charge in [-0.3, -0.25) is 9.69 Å². The fourth-order valence-corrected chi connectivity index (χ4v) is 3.97. The van der Waals surface area contributed by atoms with Crippen LogP contribution in [0.15, 0.2) is 0 Å². The van der Waals surface area contributed by atoms with E-state index in [4.69, 9.17) is 0 Å². The van der Waals surface area contributed by atoms with Crippen LogP contribution in [0, 0.1) is 0 Å². The minimum absolute atomic E-state index is 0.0135. The van der Waals surface area contributed by atoms with Crippen LogP contribution in [-0.4, -0.2) is 93.6 Å². The summed E-state index contributed by atoms with van der Waals surface area (Å²) >= 11 is 0. The lowest BCUT2D eigenvalue weighted by molar-refractivity contribution is -0.129. The Hall–Kier alpha value is -0.700. The predicted octanol–water partition coefficient (Wildman–Crippen LogP) is -1.61. The zero-order valence-electron chi connectivity index (χ0n) is 12.0. The van der Waals surface area contributed by atoms with Gasteiger partial charge in [0.15, 0.2) is 0 Å². The fourth-order valence-electron chi connectivity index (χ4n) is 2.51. The second kappa shape index (κ2) is 6.84. The standard InChI is InChI=1S/C12H24N4O3S/c1-14-5-2-6-16(11-12(14)17)20(18,19)10-9-15-7-3-13-4-8-15/h13H,2-11H2,1H3. The molecule has 2 fully saturated rings. The summed E-state index contributed by atoms with van der Waals surface area (Å²) in [6, 6.07) is 0.